The number of hydrogen-bond acceptors (Lipinski definition) is 4. The number of carbonyl (C=O) groups excluding carboxylic acids is 1. The van der Waals surface area contributed by atoms with Crippen molar-refractivity contribution in [3.63, 3.8) is 0 Å². The van der Waals surface area contributed by atoms with Crippen LogP contribution >= 0.6 is 0 Å². The largest absolute Gasteiger partial charge is 0.444 e. The number of nitrogens with one attached hydrogen (secondary N) is 1. The highest BCUT2D eigenvalue weighted by molar-refractivity contribution is 7.85. The van der Waals surface area contributed by atoms with Crippen LogP contribution in [0.1, 0.15) is 59.3 Å². The van der Waals surface area contributed by atoms with E-state index in [1.165, 1.54) is 0 Å². The molecule has 1 fully saturated rings. The van der Waals surface area contributed by atoms with Crippen LogP contribution in [-0.4, -0.2) is 36.5 Å². The van der Waals surface area contributed by atoms with Gasteiger partial charge in [-0.3, -0.25) is 4.55 Å². The number of carbonyl (C=O) groups is 1. The summed E-state index contributed by atoms with van der Waals surface area (Å²) < 4.78 is 35.2. The topological polar surface area (TPSA) is 92.7 Å². The minimum Gasteiger partial charge on any atom is -0.444 e. The van der Waals surface area contributed by atoms with E-state index in [2.05, 4.69) is 5.32 Å². The van der Waals surface area contributed by atoms with E-state index in [9.17, 15) is 13.2 Å². The summed E-state index contributed by atoms with van der Waals surface area (Å²) in [7, 11) is -3.84. The normalized spacial score (nSPS) is 23.6. The molecule has 0 radical (unpaired) electrons. The van der Waals surface area contributed by atoms with Crippen molar-refractivity contribution in [2.24, 2.45) is 5.92 Å². The van der Waals surface area contributed by atoms with Crippen LogP contribution in [0.3, 0.4) is 0 Å². The molecule has 0 atom stereocenters. The zero-order chi connectivity index (χ0) is 16.1. The average Bonchev–Trinajstić information content (AvgIpc) is 2.27. The summed E-state index contributed by atoms with van der Waals surface area (Å²) in [5.74, 6) is 0.312. The molecule has 0 saturated heterocycles. The first-order valence-electron chi connectivity index (χ1n) is 7.50. The lowest BCUT2D eigenvalue weighted by Crippen LogP contribution is -2.40. The molecule has 1 rings (SSSR count). The van der Waals surface area contributed by atoms with Crippen molar-refractivity contribution < 1.29 is 22.5 Å². The lowest BCUT2D eigenvalue weighted by atomic mass is 9.83. The standard InChI is InChI=1S/C14H27NO5S/c1-14(2,3)20-13(16)15-12-8-6-11(7-9-12)5-4-10-21(17,18)19/h11-12H,4-10H2,1-3H3,(H,15,16)(H,17,18,19)/t11-,12-. The Morgan fingerprint density at radius 2 is 1.81 bits per heavy atom. The lowest BCUT2D eigenvalue weighted by Gasteiger charge is -2.30. The van der Waals surface area contributed by atoms with Gasteiger partial charge < -0.3 is 10.1 Å². The Morgan fingerprint density at radius 3 is 2.29 bits per heavy atom. The second-order valence-electron chi connectivity index (χ2n) is 6.79. The molecule has 0 aromatic carbocycles. The zero-order valence-electron chi connectivity index (χ0n) is 13.1. The Balaban J connectivity index is 2.22. The summed E-state index contributed by atoms with van der Waals surface area (Å²) >= 11 is 0. The molecule has 6 nitrogen and oxygen atoms in total. The van der Waals surface area contributed by atoms with Crippen molar-refractivity contribution >= 4 is 16.2 Å². The van der Waals surface area contributed by atoms with Gasteiger partial charge in [-0.15, -0.1) is 0 Å². The van der Waals surface area contributed by atoms with Crippen LogP contribution in [0.4, 0.5) is 4.79 Å². The Bertz CT molecular complexity index is 433. The molecule has 7 heteroatoms. The van der Waals surface area contributed by atoms with Crippen LogP contribution in [0.5, 0.6) is 0 Å². The predicted molar refractivity (Wildman–Crippen MR) is 80.8 cm³/mol. The van der Waals surface area contributed by atoms with E-state index >= 15 is 0 Å². The molecule has 0 aromatic heterocycles. The van der Waals surface area contributed by atoms with Gasteiger partial charge in [-0.2, -0.15) is 8.42 Å². The maximum atomic E-state index is 11.7. The van der Waals surface area contributed by atoms with E-state index in [0.29, 0.717) is 12.3 Å². The fourth-order valence-electron chi connectivity index (χ4n) is 2.62. The molecule has 21 heavy (non-hydrogen) atoms. The van der Waals surface area contributed by atoms with Crippen molar-refractivity contribution in [3.05, 3.63) is 0 Å². The van der Waals surface area contributed by atoms with Gasteiger partial charge in [0.15, 0.2) is 0 Å². The Labute approximate surface area is 127 Å². The molecule has 1 aliphatic rings. The van der Waals surface area contributed by atoms with Crippen LogP contribution in [0, 0.1) is 5.92 Å². The third-order valence-electron chi connectivity index (χ3n) is 3.58. The lowest BCUT2D eigenvalue weighted by molar-refractivity contribution is 0.0486. The fraction of sp³-hybridized carbons (Fsp3) is 0.929. The highest BCUT2D eigenvalue weighted by Crippen LogP contribution is 2.28. The second-order valence-corrected chi connectivity index (χ2v) is 8.36. The molecule has 0 aliphatic heterocycles. The quantitative estimate of drug-likeness (QED) is 0.760. The Hall–Kier alpha value is -0.820. The average molecular weight is 321 g/mol. The van der Waals surface area contributed by atoms with Gasteiger partial charge in [-0.25, -0.2) is 4.79 Å². The minimum atomic E-state index is -3.84. The molecular formula is C14H27NO5S. The second kappa shape index (κ2) is 7.45. The van der Waals surface area contributed by atoms with Gasteiger partial charge in [0.1, 0.15) is 5.60 Å². The van der Waals surface area contributed by atoms with Gasteiger partial charge >= 0.3 is 6.09 Å². The van der Waals surface area contributed by atoms with E-state index in [0.717, 1.165) is 32.1 Å². The Kier molecular flexibility index (Phi) is 6.46. The molecule has 1 aliphatic carbocycles. The van der Waals surface area contributed by atoms with Crippen LogP contribution in [0.2, 0.25) is 0 Å². The van der Waals surface area contributed by atoms with Gasteiger partial charge in [-0.05, 0) is 65.2 Å². The number of alkyl carbamates (subject to hydrolysis) is 1. The number of rotatable bonds is 5. The van der Waals surface area contributed by atoms with Crippen molar-refractivity contribution in [2.45, 2.75) is 70.9 Å². The van der Waals surface area contributed by atoms with Crippen molar-refractivity contribution in [2.75, 3.05) is 5.75 Å². The summed E-state index contributed by atoms with van der Waals surface area (Å²) in [5.41, 5.74) is -0.489. The number of ether oxygens (including phenoxy) is 1. The SMILES string of the molecule is CC(C)(C)OC(=O)N[C@H]1CC[C@H](CCCS(=O)(=O)O)CC1. The maximum absolute atomic E-state index is 11.7. The van der Waals surface area contributed by atoms with Gasteiger partial charge in [0.05, 0.1) is 5.75 Å². The third kappa shape index (κ3) is 8.93. The van der Waals surface area contributed by atoms with Gasteiger partial charge in [0, 0.05) is 6.04 Å². The van der Waals surface area contributed by atoms with E-state index in [1.807, 2.05) is 20.8 Å². The fourth-order valence-corrected chi connectivity index (χ4v) is 3.16. The van der Waals surface area contributed by atoms with Gasteiger partial charge in [-0.1, -0.05) is 0 Å². The van der Waals surface area contributed by atoms with Crippen LogP contribution in [-0.2, 0) is 14.9 Å². The molecule has 0 unspecified atom stereocenters. The third-order valence-corrected chi connectivity index (χ3v) is 4.39. The minimum absolute atomic E-state index is 0.137. The summed E-state index contributed by atoms with van der Waals surface area (Å²) in [4.78, 5) is 11.7. The van der Waals surface area contributed by atoms with Crippen LogP contribution in [0.15, 0.2) is 0 Å². The van der Waals surface area contributed by atoms with Crippen molar-refractivity contribution in [3.8, 4) is 0 Å². The van der Waals surface area contributed by atoms with Gasteiger partial charge in [0.25, 0.3) is 10.1 Å². The number of hydrogen-bond donors (Lipinski definition) is 2. The molecule has 0 aromatic rings. The van der Waals surface area contributed by atoms with Crippen molar-refractivity contribution in [1.82, 2.24) is 5.32 Å². The maximum Gasteiger partial charge on any atom is 0.407 e. The summed E-state index contributed by atoms with van der Waals surface area (Å²) in [6.45, 7) is 5.50. The van der Waals surface area contributed by atoms with E-state index < -0.39 is 15.7 Å². The first-order chi connectivity index (χ1) is 9.55. The molecule has 0 heterocycles. The molecular weight excluding hydrogens is 294 g/mol. The highest BCUT2D eigenvalue weighted by Gasteiger charge is 2.24. The van der Waals surface area contributed by atoms with Crippen LogP contribution < -0.4 is 5.32 Å². The number of amides is 1. The first kappa shape index (κ1) is 18.2. The Morgan fingerprint density at radius 1 is 1.24 bits per heavy atom. The molecule has 0 bridgehead atoms. The molecule has 0 spiro atoms. The summed E-state index contributed by atoms with van der Waals surface area (Å²) in [6.07, 6.45) is 4.62. The van der Waals surface area contributed by atoms with E-state index in [-0.39, 0.29) is 17.9 Å². The molecule has 1 amide bonds. The molecule has 124 valence electrons. The van der Waals surface area contributed by atoms with E-state index in [4.69, 9.17) is 9.29 Å². The monoisotopic (exact) mass is 321 g/mol. The molecule has 1 saturated carbocycles. The summed E-state index contributed by atoms with van der Waals surface area (Å²) in [6, 6.07) is 0.137. The van der Waals surface area contributed by atoms with Gasteiger partial charge in [0.2, 0.25) is 0 Å². The molecule has 2 N–H and O–H groups in total. The summed E-state index contributed by atoms with van der Waals surface area (Å²) in [5, 5.41) is 2.88. The van der Waals surface area contributed by atoms with E-state index in [1.54, 1.807) is 0 Å². The zero-order valence-corrected chi connectivity index (χ0v) is 13.9. The van der Waals surface area contributed by atoms with Crippen molar-refractivity contribution in [1.29, 1.82) is 0 Å². The first-order valence-corrected chi connectivity index (χ1v) is 9.11. The highest BCUT2D eigenvalue weighted by atomic mass is 32.2. The van der Waals surface area contributed by atoms with Crippen LogP contribution in [0.25, 0.3) is 0 Å². The predicted octanol–water partition coefficient (Wildman–Crippen LogP) is 2.74. The smallest absolute Gasteiger partial charge is 0.407 e.